The van der Waals surface area contributed by atoms with Crippen LogP contribution < -0.4 is 5.32 Å². The second kappa shape index (κ2) is 7.03. The number of fused-ring (bicyclic) bond motifs is 1. The van der Waals surface area contributed by atoms with E-state index in [2.05, 4.69) is 10.3 Å². The molecule has 3 aromatic rings. The lowest BCUT2D eigenvalue weighted by Crippen LogP contribution is -2.52. The van der Waals surface area contributed by atoms with Crippen LogP contribution in [0.15, 0.2) is 48.5 Å². The second-order valence-corrected chi connectivity index (χ2v) is 7.06. The highest BCUT2D eigenvalue weighted by Crippen LogP contribution is 2.27. The summed E-state index contributed by atoms with van der Waals surface area (Å²) in [7, 11) is 0. The highest BCUT2D eigenvalue weighted by molar-refractivity contribution is 6.01. The van der Waals surface area contributed by atoms with E-state index in [1.54, 1.807) is 19.1 Å². The number of carbonyl (C=O) groups excluding carboxylic acids is 2. The minimum Gasteiger partial charge on any atom is -0.352 e. The quantitative estimate of drug-likeness (QED) is 0.745. The molecule has 2 amide bonds. The summed E-state index contributed by atoms with van der Waals surface area (Å²) in [6.07, 6.45) is 0. The molecule has 2 aromatic carbocycles. The highest BCUT2D eigenvalue weighted by Gasteiger charge is 2.35. The first-order chi connectivity index (χ1) is 13.4. The Bertz CT molecular complexity index is 1100. The summed E-state index contributed by atoms with van der Waals surface area (Å²) < 4.78 is 13.7. The number of pyridine rings is 1. The third-order valence-electron chi connectivity index (χ3n) is 5.03. The highest BCUT2D eigenvalue weighted by atomic mass is 19.1. The van der Waals surface area contributed by atoms with Crippen molar-refractivity contribution in [1.29, 1.82) is 0 Å². The number of aromatic nitrogens is 1. The summed E-state index contributed by atoms with van der Waals surface area (Å²) >= 11 is 0. The molecule has 142 valence electrons. The Hall–Kier alpha value is -3.28. The van der Waals surface area contributed by atoms with E-state index >= 15 is 0 Å². The standard InChI is InChI=1S/C22H20FN3O2/c1-13-6-7-19-16(10-13)12-18(14(2)25-19)22(28)26-9-8-24-21(27)20(26)15-4-3-5-17(23)11-15/h3-7,10-12,20H,8-9H2,1-2H3,(H,24,27). The lowest BCUT2D eigenvalue weighted by Gasteiger charge is -2.35. The normalized spacial score (nSPS) is 16.9. The van der Waals surface area contributed by atoms with Crippen LogP contribution >= 0.6 is 0 Å². The molecule has 1 aliphatic heterocycles. The van der Waals surface area contributed by atoms with E-state index in [1.165, 1.54) is 17.0 Å². The van der Waals surface area contributed by atoms with Gasteiger partial charge >= 0.3 is 0 Å². The van der Waals surface area contributed by atoms with Gasteiger partial charge in [0.15, 0.2) is 0 Å². The third-order valence-corrected chi connectivity index (χ3v) is 5.03. The maximum absolute atomic E-state index is 13.7. The van der Waals surface area contributed by atoms with Crippen molar-refractivity contribution < 1.29 is 14.0 Å². The van der Waals surface area contributed by atoms with Gasteiger partial charge in [0, 0.05) is 18.5 Å². The number of hydrogen-bond acceptors (Lipinski definition) is 3. The largest absolute Gasteiger partial charge is 0.352 e. The number of aryl methyl sites for hydroxylation is 2. The molecular weight excluding hydrogens is 357 g/mol. The average molecular weight is 377 g/mol. The fourth-order valence-corrected chi connectivity index (χ4v) is 3.66. The molecule has 1 atom stereocenters. The van der Waals surface area contributed by atoms with Gasteiger partial charge in [-0.3, -0.25) is 14.6 Å². The summed E-state index contributed by atoms with van der Waals surface area (Å²) in [5.41, 5.74) is 3.40. The molecule has 0 saturated carbocycles. The summed E-state index contributed by atoms with van der Waals surface area (Å²) in [5.74, 6) is -1.03. The van der Waals surface area contributed by atoms with Crippen LogP contribution in [0.5, 0.6) is 0 Å². The van der Waals surface area contributed by atoms with E-state index < -0.39 is 11.9 Å². The van der Waals surface area contributed by atoms with Crippen LogP contribution in [0, 0.1) is 19.7 Å². The van der Waals surface area contributed by atoms with E-state index in [1.807, 2.05) is 31.2 Å². The van der Waals surface area contributed by atoms with E-state index in [4.69, 9.17) is 0 Å². The summed E-state index contributed by atoms with van der Waals surface area (Å²) in [6, 6.07) is 12.6. The number of piperazine rings is 1. The predicted octanol–water partition coefficient (Wildman–Crippen LogP) is 3.30. The van der Waals surface area contributed by atoms with Crippen LogP contribution in [-0.4, -0.2) is 34.8 Å². The number of rotatable bonds is 2. The topological polar surface area (TPSA) is 62.3 Å². The number of amides is 2. The lowest BCUT2D eigenvalue weighted by atomic mass is 10.00. The van der Waals surface area contributed by atoms with Crippen molar-refractivity contribution in [2.24, 2.45) is 0 Å². The van der Waals surface area contributed by atoms with Crippen molar-refractivity contribution >= 4 is 22.7 Å². The van der Waals surface area contributed by atoms with Crippen molar-refractivity contribution in [3.63, 3.8) is 0 Å². The van der Waals surface area contributed by atoms with Crippen molar-refractivity contribution in [2.45, 2.75) is 19.9 Å². The lowest BCUT2D eigenvalue weighted by molar-refractivity contribution is -0.128. The monoisotopic (exact) mass is 377 g/mol. The van der Waals surface area contributed by atoms with Crippen LogP contribution in [0.4, 0.5) is 4.39 Å². The van der Waals surface area contributed by atoms with Gasteiger partial charge < -0.3 is 10.2 Å². The van der Waals surface area contributed by atoms with Crippen molar-refractivity contribution in [2.75, 3.05) is 13.1 Å². The van der Waals surface area contributed by atoms with Crippen LogP contribution in [0.1, 0.15) is 33.2 Å². The molecule has 28 heavy (non-hydrogen) atoms. The molecule has 0 spiro atoms. The van der Waals surface area contributed by atoms with Crippen molar-refractivity contribution in [3.05, 3.63) is 76.7 Å². The maximum atomic E-state index is 13.7. The smallest absolute Gasteiger partial charge is 0.256 e. The Morgan fingerprint density at radius 2 is 2.00 bits per heavy atom. The molecule has 4 rings (SSSR count). The van der Waals surface area contributed by atoms with Gasteiger partial charge in [-0.25, -0.2) is 4.39 Å². The van der Waals surface area contributed by atoms with E-state index in [-0.39, 0.29) is 11.8 Å². The Labute approximate surface area is 162 Å². The molecule has 0 aliphatic carbocycles. The Morgan fingerprint density at radius 3 is 2.79 bits per heavy atom. The third kappa shape index (κ3) is 3.22. The minimum absolute atomic E-state index is 0.280. The van der Waals surface area contributed by atoms with Gasteiger partial charge in [0.05, 0.1) is 16.8 Å². The fourth-order valence-electron chi connectivity index (χ4n) is 3.66. The first-order valence-electron chi connectivity index (χ1n) is 9.16. The number of benzene rings is 2. The predicted molar refractivity (Wildman–Crippen MR) is 104 cm³/mol. The molecule has 2 heterocycles. The fraction of sp³-hybridized carbons (Fsp3) is 0.227. The molecule has 1 aromatic heterocycles. The van der Waals surface area contributed by atoms with Gasteiger partial charge in [0.2, 0.25) is 5.91 Å². The SMILES string of the molecule is Cc1ccc2nc(C)c(C(=O)N3CCNC(=O)C3c3cccc(F)c3)cc2c1. The van der Waals surface area contributed by atoms with E-state index in [9.17, 15) is 14.0 Å². The zero-order valence-corrected chi connectivity index (χ0v) is 15.7. The van der Waals surface area contributed by atoms with Gasteiger partial charge in [0.25, 0.3) is 5.91 Å². The summed E-state index contributed by atoms with van der Waals surface area (Å²) in [6.45, 7) is 4.47. The molecule has 1 N–H and O–H groups in total. The second-order valence-electron chi connectivity index (χ2n) is 7.06. The Balaban J connectivity index is 1.77. The molecule has 1 fully saturated rings. The molecule has 6 heteroatoms. The number of nitrogens with zero attached hydrogens (tertiary/aromatic N) is 2. The Morgan fingerprint density at radius 1 is 1.18 bits per heavy atom. The number of hydrogen-bond donors (Lipinski definition) is 1. The van der Waals surface area contributed by atoms with Crippen LogP contribution in [0.25, 0.3) is 10.9 Å². The van der Waals surface area contributed by atoms with Crippen LogP contribution in [0.3, 0.4) is 0 Å². The minimum atomic E-state index is -0.871. The summed E-state index contributed by atoms with van der Waals surface area (Å²) in [5, 5.41) is 3.64. The van der Waals surface area contributed by atoms with E-state index in [0.29, 0.717) is 29.9 Å². The summed E-state index contributed by atoms with van der Waals surface area (Å²) in [4.78, 5) is 32.0. The first kappa shape index (κ1) is 18.1. The van der Waals surface area contributed by atoms with Crippen LogP contribution in [-0.2, 0) is 4.79 Å². The van der Waals surface area contributed by atoms with Gasteiger partial charge in [-0.15, -0.1) is 0 Å². The Kier molecular flexibility index (Phi) is 4.55. The molecule has 1 unspecified atom stereocenters. The number of halogens is 1. The molecule has 1 saturated heterocycles. The molecule has 5 nitrogen and oxygen atoms in total. The molecular formula is C22H20FN3O2. The zero-order chi connectivity index (χ0) is 19.8. The molecule has 1 aliphatic rings. The van der Waals surface area contributed by atoms with Crippen LogP contribution in [0.2, 0.25) is 0 Å². The maximum Gasteiger partial charge on any atom is 0.256 e. The van der Waals surface area contributed by atoms with Gasteiger partial charge in [-0.2, -0.15) is 0 Å². The van der Waals surface area contributed by atoms with Gasteiger partial charge in [-0.1, -0.05) is 23.8 Å². The number of carbonyl (C=O) groups is 2. The number of nitrogens with one attached hydrogen (secondary N) is 1. The van der Waals surface area contributed by atoms with Gasteiger partial charge in [-0.05, 0) is 49.7 Å². The molecule has 0 bridgehead atoms. The zero-order valence-electron chi connectivity index (χ0n) is 15.7. The van der Waals surface area contributed by atoms with Crippen molar-refractivity contribution in [1.82, 2.24) is 15.2 Å². The van der Waals surface area contributed by atoms with E-state index in [0.717, 1.165) is 16.5 Å². The average Bonchev–Trinajstić information content (AvgIpc) is 2.67. The van der Waals surface area contributed by atoms with Gasteiger partial charge in [0.1, 0.15) is 11.9 Å². The molecule has 0 radical (unpaired) electrons. The first-order valence-corrected chi connectivity index (χ1v) is 9.16. The van der Waals surface area contributed by atoms with Crippen molar-refractivity contribution in [3.8, 4) is 0 Å².